The monoisotopic (exact) mass is 581 g/mol. The van der Waals surface area contributed by atoms with Gasteiger partial charge in [-0.15, -0.1) is 0 Å². The fraction of sp³-hybridized carbons (Fsp3) is 0.562. The van der Waals surface area contributed by atoms with Crippen LogP contribution in [0.4, 0.5) is 4.79 Å². The largest absolute Gasteiger partial charge is 0.446 e. The van der Waals surface area contributed by atoms with Gasteiger partial charge in [-0.25, -0.2) is 13.2 Å². The summed E-state index contributed by atoms with van der Waals surface area (Å²) in [7, 11) is -3.24. The molecule has 8 nitrogen and oxygen atoms in total. The number of benzene rings is 2. The van der Waals surface area contributed by atoms with Crippen molar-refractivity contribution in [2.75, 3.05) is 32.4 Å². The Kier molecular flexibility index (Phi) is 9.34. The second-order valence-electron chi connectivity index (χ2n) is 12.1. The van der Waals surface area contributed by atoms with Crippen molar-refractivity contribution >= 4 is 21.8 Å². The molecule has 41 heavy (non-hydrogen) atoms. The number of hydrogen-bond donors (Lipinski definition) is 1. The summed E-state index contributed by atoms with van der Waals surface area (Å²) in [5, 5.41) is 3.13. The van der Waals surface area contributed by atoms with Gasteiger partial charge in [-0.3, -0.25) is 4.79 Å². The number of nitrogens with zero attached hydrogens (tertiary/aromatic N) is 2. The summed E-state index contributed by atoms with van der Waals surface area (Å²) in [6, 6.07) is 16.8. The maximum Gasteiger partial charge on any atom is 0.407 e. The molecule has 2 amide bonds. The Labute approximate surface area is 244 Å². The van der Waals surface area contributed by atoms with Crippen LogP contribution in [0.15, 0.2) is 59.5 Å². The van der Waals surface area contributed by atoms with Gasteiger partial charge in [0.2, 0.25) is 5.91 Å². The molecule has 2 aliphatic heterocycles. The zero-order valence-electron chi connectivity index (χ0n) is 24.1. The second kappa shape index (κ2) is 12.9. The molecule has 1 spiro atoms. The van der Waals surface area contributed by atoms with Crippen LogP contribution < -0.4 is 5.32 Å². The molecule has 1 unspecified atom stereocenters. The van der Waals surface area contributed by atoms with E-state index in [0.29, 0.717) is 11.4 Å². The molecule has 0 radical (unpaired) electrons. The van der Waals surface area contributed by atoms with Crippen molar-refractivity contribution in [3.8, 4) is 0 Å². The fourth-order valence-electron chi connectivity index (χ4n) is 6.60. The lowest BCUT2D eigenvalue weighted by atomic mass is 9.77. The van der Waals surface area contributed by atoms with Crippen LogP contribution in [0.3, 0.4) is 0 Å². The first-order valence-corrected chi connectivity index (χ1v) is 16.9. The van der Waals surface area contributed by atoms with E-state index in [4.69, 9.17) is 4.74 Å². The Hall–Kier alpha value is -2.91. The average Bonchev–Trinajstić information content (AvgIpc) is 3.26. The Bertz CT molecular complexity index is 1280. The number of carbonyl (C=O) groups is 2. The summed E-state index contributed by atoms with van der Waals surface area (Å²) in [4.78, 5) is 30.9. The van der Waals surface area contributed by atoms with Gasteiger partial charge in [0.25, 0.3) is 0 Å². The van der Waals surface area contributed by atoms with E-state index in [9.17, 15) is 18.0 Å². The van der Waals surface area contributed by atoms with E-state index in [0.717, 1.165) is 88.7 Å². The number of ether oxygens (including phenoxy) is 1. The molecule has 2 aromatic rings. The number of amides is 2. The molecule has 2 heterocycles. The summed E-state index contributed by atoms with van der Waals surface area (Å²) >= 11 is 0. The summed E-state index contributed by atoms with van der Waals surface area (Å²) in [6.45, 7) is 3.79. The van der Waals surface area contributed by atoms with Crippen LogP contribution >= 0.6 is 0 Å². The van der Waals surface area contributed by atoms with Crippen molar-refractivity contribution in [1.82, 2.24) is 15.1 Å². The third-order valence-corrected chi connectivity index (χ3v) is 10.3. The van der Waals surface area contributed by atoms with E-state index < -0.39 is 9.84 Å². The predicted molar refractivity (Wildman–Crippen MR) is 158 cm³/mol. The fourth-order valence-corrected chi connectivity index (χ4v) is 7.23. The summed E-state index contributed by atoms with van der Waals surface area (Å²) < 4.78 is 29.3. The van der Waals surface area contributed by atoms with E-state index in [1.165, 1.54) is 12.7 Å². The number of hydrogen-bond acceptors (Lipinski definition) is 6. The van der Waals surface area contributed by atoms with Crippen LogP contribution in [-0.4, -0.2) is 68.8 Å². The summed E-state index contributed by atoms with van der Waals surface area (Å²) in [5.74, 6) is 0.221. The van der Waals surface area contributed by atoms with Crippen molar-refractivity contribution in [3.63, 3.8) is 0 Å². The van der Waals surface area contributed by atoms with E-state index in [1.54, 1.807) is 24.3 Å². The smallest absolute Gasteiger partial charge is 0.407 e. The number of likely N-dealkylation sites (tertiary alicyclic amines) is 2. The van der Waals surface area contributed by atoms with E-state index >= 15 is 0 Å². The maximum absolute atomic E-state index is 13.5. The minimum Gasteiger partial charge on any atom is -0.446 e. The first kappa shape index (κ1) is 29.6. The van der Waals surface area contributed by atoms with Crippen LogP contribution in [0.1, 0.15) is 75.0 Å². The quantitative estimate of drug-likeness (QED) is 0.443. The predicted octanol–water partition coefficient (Wildman–Crippen LogP) is 5.09. The Balaban J connectivity index is 1.12. The first-order valence-electron chi connectivity index (χ1n) is 15.0. The van der Waals surface area contributed by atoms with Crippen LogP contribution in [-0.2, 0) is 25.9 Å². The van der Waals surface area contributed by atoms with E-state index in [-0.39, 0.29) is 29.6 Å². The molecule has 3 aliphatic rings. The van der Waals surface area contributed by atoms with Gasteiger partial charge in [0.05, 0.1) is 16.4 Å². The number of rotatable bonds is 9. The summed E-state index contributed by atoms with van der Waals surface area (Å²) in [6.07, 6.45) is 9.57. The number of piperidine rings is 1. The van der Waals surface area contributed by atoms with Crippen molar-refractivity contribution in [2.24, 2.45) is 5.41 Å². The number of carbonyl (C=O) groups excluding carboxylic acids is 2. The highest BCUT2D eigenvalue weighted by Gasteiger charge is 2.47. The molecule has 0 bridgehead atoms. The third-order valence-electron chi connectivity index (χ3n) is 9.19. The van der Waals surface area contributed by atoms with Crippen molar-refractivity contribution < 1.29 is 22.7 Å². The third kappa shape index (κ3) is 7.49. The lowest BCUT2D eigenvalue weighted by Crippen LogP contribution is -2.45. The molecular formula is C32H43N3O5S. The molecule has 1 atom stereocenters. The highest BCUT2D eigenvalue weighted by Crippen LogP contribution is 2.42. The lowest BCUT2D eigenvalue weighted by Gasteiger charge is -2.38. The van der Waals surface area contributed by atoms with Gasteiger partial charge >= 0.3 is 6.09 Å². The normalized spacial score (nSPS) is 20.7. The van der Waals surface area contributed by atoms with Gasteiger partial charge in [0.1, 0.15) is 6.10 Å². The molecule has 0 aromatic heterocycles. The van der Waals surface area contributed by atoms with Gasteiger partial charge in [0.15, 0.2) is 9.84 Å². The molecular weight excluding hydrogens is 538 g/mol. The van der Waals surface area contributed by atoms with E-state index in [2.05, 4.69) is 22.3 Å². The van der Waals surface area contributed by atoms with Gasteiger partial charge in [-0.2, -0.15) is 0 Å². The molecule has 222 valence electrons. The topological polar surface area (TPSA) is 96.0 Å². The molecule has 1 N–H and O–H groups in total. The average molecular weight is 582 g/mol. The Morgan fingerprint density at radius 2 is 1.63 bits per heavy atom. The van der Waals surface area contributed by atoms with Crippen molar-refractivity contribution in [1.29, 1.82) is 0 Å². The van der Waals surface area contributed by atoms with Crippen LogP contribution in [0.5, 0.6) is 0 Å². The first-order chi connectivity index (χ1) is 19.7. The van der Waals surface area contributed by atoms with Crippen LogP contribution in [0.2, 0.25) is 0 Å². The Morgan fingerprint density at radius 1 is 0.976 bits per heavy atom. The number of nitrogens with one attached hydrogen (secondary N) is 1. The molecule has 2 aromatic carbocycles. The SMILES string of the molecule is CS(=O)(=O)c1ccc(CN2CCC3(CCN(CCC(NC(=O)OC4CCCCC4)c4ccccc4)CC3)C2=O)cc1. The second-order valence-corrected chi connectivity index (χ2v) is 14.1. The highest BCUT2D eigenvalue weighted by molar-refractivity contribution is 7.90. The maximum atomic E-state index is 13.5. The molecule has 9 heteroatoms. The van der Waals surface area contributed by atoms with Gasteiger partial charge < -0.3 is 19.9 Å². The van der Waals surface area contributed by atoms with Crippen LogP contribution in [0, 0.1) is 5.41 Å². The van der Waals surface area contributed by atoms with Crippen LogP contribution in [0.25, 0.3) is 0 Å². The molecule has 2 saturated heterocycles. The highest BCUT2D eigenvalue weighted by atomic mass is 32.2. The van der Waals surface area contributed by atoms with Gasteiger partial charge in [0, 0.05) is 25.9 Å². The molecule has 1 saturated carbocycles. The minimum atomic E-state index is -3.24. The number of alkyl carbamates (subject to hydrolysis) is 1. The standard InChI is InChI=1S/C32H43N3O5S/c1-41(38,39)28-14-12-25(13-15-28)24-35-23-19-32(30(35)36)17-21-34(22-18-32)20-16-29(26-8-4-2-5-9-26)33-31(37)40-27-10-6-3-7-11-27/h2,4-5,8-9,12-15,27,29H,3,6-7,10-11,16-24H2,1H3,(H,33,37). The zero-order chi connectivity index (χ0) is 28.9. The molecule has 3 fully saturated rings. The zero-order valence-corrected chi connectivity index (χ0v) is 24.9. The van der Waals surface area contributed by atoms with E-state index in [1.807, 2.05) is 23.1 Å². The van der Waals surface area contributed by atoms with Gasteiger partial charge in [-0.05, 0) is 87.7 Å². The van der Waals surface area contributed by atoms with Crippen molar-refractivity contribution in [3.05, 3.63) is 65.7 Å². The summed E-state index contributed by atoms with van der Waals surface area (Å²) in [5.41, 5.74) is 1.72. The minimum absolute atomic E-state index is 0.0221. The molecule has 5 rings (SSSR count). The van der Waals surface area contributed by atoms with Crippen molar-refractivity contribution in [2.45, 2.75) is 81.4 Å². The Morgan fingerprint density at radius 3 is 2.29 bits per heavy atom. The number of sulfone groups is 1. The lowest BCUT2D eigenvalue weighted by molar-refractivity contribution is -0.138. The van der Waals surface area contributed by atoms with Gasteiger partial charge in [-0.1, -0.05) is 48.9 Å². The molecule has 1 aliphatic carbocycles.